The van der Waals surface area contributed by atoms with E-state index in [9.17, 15) is 9.59 Å². The minimum atomic E-state index is -0.492. The number of ether oxygens (including phenoxy) is 1. The maximum atomic E-state index is 11.4. The predicted molar refractivity (Wildman–Crippen MR) is 82.6 cm³/mol. The molecule has 0 rings (SSSR count). The van der Waals surface area contributed by atoms with Crippen LogP contribution in [0.3, 0.4) is 0 Å². The average molecular weight is 309 g/mol. The monoisotopic (exact) mass is 309 g/mol. The van der Waals surface area contributed by atoms with E-state index in [-0.39, 0.29) is 31.0 Å². The first-order chi connectivity index (χ1) is 9.61. The number of unbranched alkanes of at least 4 members (excludes halogenated alkanes) is 8. The summed E-state index contributed by atoms with van der Waals surface area (Å²) in [5.74, 6) is -0.895. The summed E-state index contributed by atoms with van der Waals surface area (Å²) in [4.78, 5) is 22.7. The topological polar surface area (TPSA) is 55.4 Å². The predicted octanol–water partition coefficient (Wildman–Crippen LogP) is 0.702. The third-order valence-electron chi connectivity index (χ3n) is 3.49. The molecule has 120 valence electrons. The molecule has 0 aliphatic rings. The van der Waals surface area contributed by atoms with Crippen molar-refractivity contribution in [2.24, 2.45) is 0 Å². The van der Waals surface area contributed by atoms with E-state index < -0.39 is 18.0 Å². The first-order valence-electron chi connectivity index (χ1n) is 8.03. The van der Waals surface area contributed by atoms with Gasteiger partial charge in [-0.2, -0.15) is 0 Å². The van der Waals surface area contributed by atoms with Crippen molar-refractivity contribution < 1.29 is 45.3 Å². The summed E-state index contributed by atoms with van der Waals surface area (Å²) in [6, 6.07) is -0.429. The van der Waals surface area contributed by atoms with Crippen LogP contribution in [-0.2, 0) is 14.3 Å². The van der Waals surface area contributed by atoms with Crippen LogP contribution >= 0.6 is 0 Å². The van der Waals surface area contributed by atoms with E-state index >= 15 is 0 Å². The molecular weight excluding hydrogens is 277 g/mol. The molecule has 21 heavy (non-hydrogen) atoms. The first kappa shape index (κ1) is 23.4. The Morgan fingerprint density at radius 2 is 1.48 bits per heavy atom. The number of hydrogen-bond acceptors (Lipinski definition) is 4. The van der Waals surface area contributed by atoms with Crippen molar-refractivity contribution in [3.63, 3.8) is 0 Å². The molecule has 0 aliphatic heterocycles. The van der Waals surface area contributed by atoms with Gasteiger partial charge in [-0.25, -0.2) is 4.79 Å². The molecule has 4 nitrogen and oxygen atoms in total. The van der Waals surface area contributed by atoms with Crippen molar-refractivity contribution in [2.75, 3.05) is 7.05 Å². The van der Waals surface area contributed by atoms with Crippen molar-refractivity contribution in [3.8, 4) is 0 Å². The normalized spacial score (nSPS) is 11.6. The van der Waals surface area contributed by atoms with E-state index in [1.807, 2.05) is 0 Å². The molecule has 0 aromatic heterocycles. The summed E-state index contributed by atoms with van der Waals surface area (Å²) < 4.78 is 4.73. The fraction of sp³-hybridized carbons (Fsp3) is 0.875. The van der Waals surface area contributed by atoms with Crippen molar-refractivity contribution in [3.05, 3.63) is 0 Å². The van der Waals surface area contributed by atoms with Gasteiger partial charge in [0.15, 0.2) is 0 Å². The fourth-order valence-electron chi connectivity index (χ4n) is 1.95. The maximum Gasteiger partial charge on any atom is 1.00 e. The van der Waals surface area contributed by atoms with E-state index in [0.717, 1.165) is 12.8 Å². The maximum absolute atomic E-state index is 11.4. The third-order valence-corrected chi connectivity index (χ3v) is 3.49. The van der Waals surface area contributed by atoms with Gasteiger partial charge in [0.05, 0.1) is 0 Å². The van der Waals surface area contributed by atoms with Gasteiger partial charge in [-0.05, 0) is 20.4 Å². The van der Waals surface area contributed by atoms with Crippen molar-refractivity contribution in [2.45, 2.75) is 84.1 Å². The van der Waals surface area contributed by atoms with Gasteiger partial charge < -0.3 is 11.5 Å². The van der Waals surface area contributed by atoms with E-state index in [2.05, 4.69) is 12.2 Å². The summed E-state index contributed by atoms with van der Waals surface area (Å²) in [7, 11) is 1.66. The number of likely N-dealkylation sites (N-methyl/N-ethyl adjacent to an activating group) is 1. The summed E-state index contributed by atoms with van der Waals surface area (Å²) >= 11 is 0. The van der Waals surface area contributed by atoms with E-state index in [1.165, 1.54) is 44.9 Å². The van der Waals surface area contributed by atoms with Gasteiger partial charge in [-0.15, -0.1) is 0 Å². The number of rotatable bonds is 12. The second-order valence-electron chi connectivity index (χ2n) is 5.38. The standard InChI is InChI=1S/C16H31NO3.Na.H/c1-4-5-6-7-8-9-10-11-12-13-15(18)20-16(19)14(2)17-3;;/h14,17H,4-13H2,1-3H3;;/q;+1;-1. The number of esters is 2. The summed E-state index contributed by atoms with van der Waals surface area (Å²) in [6.07, 6.45) is 11.2. The minimum Gasteiger partial charge on any atom is -1.00 e. The molecule has 0 aromatic rings. The molecule has 0 fully saturated rings. The van der Waals surface area contributed by atoms with Gasteiger partial charge in [0.1, 0.15) is 6.04 Å². The molecule has 0 amide bonds. The summed E-state index contributed by atoms with van der Waals surface area (Å²) in [5, 5.41) is 2.75. The Labute approximate surface area is 153 Å². The molecule has 0 bridgehead atoms. The zero-order valence-electron chi connectivity index (χ0n) is 15.4. The first-order valence-corrected chi connectivity index (χ1v) is 8.03. The van der Waals surface area contributed by atoms with E-state index in [1.54, 1.807) is 14.0 Å². The molecule has 1 atom stereocenters. The van der Waals surface area contributed by atoms with Gasteiger partial charge in [0, 0.05) is 6.42 Å². The van der Waals surface area contributed by atoms with Crippen LogP contribution in [0.25, 0.3) is 0 Å². The fourth-order valence-corrected chi connectivity index (χ4v) is 1.95. The Hall–Kier alpha value is 0.1000. The Bertz CT molecular complexity index is 278. The Morgan fingerprint density at radius 1 is 1.00 bits per heavy atom. The third kappa shape index (κ3) is 14.8. The molecule has 0 saturated heterocycles. The van der Waals surface area contributed by atoms with Crippen molar-refractivity contribution >= 4 is 11.9 Å². The van der Waals surface area contributed by atoms with Crippen LogP contribution < -0.4 is 34.9 Å². The number of nitrogens with one attached hydrogen (secondary N) is 1. The molecule has 0 heterocycles. The Kier molecular flexibility index (Phi) is 18.3. The van der Waals surface area contributed by atoms with Crippen LogP contribution in [0.15, 0.2) is 0 Å². The van der Waals surface area contributed by atoms with E-state index in [4.69, 9.17) is 4.74 Å². The van der Waals surface area contributed by atoms with Crippen LogP contribution in [0.2, 0.25) is 0 Å². The molecule has 1 N–H and O–H groups in total. The summed E-state index contributed by atoms with van der Waals surface area (Å²) in [5.41, 5.74) is 0. The molecule has 0 radical (unpaired) electrons. The molecule has 0 aromatic carbocycles. The van der Waals surface area contributed by atoms with Gasteiger partial charge in [0.25, 0.3) is 0 Å². The van der Waals surface area contributed by atoms with Crippen LogP contribution in [0.5, 0.6) is 0 Å². The smallest absolute Gasteiger partial charge is 1.00 e. The molecular formula is C16H32NNaO3. The molecule has 0 aliphatic carbocycles. The van der Waals surface area contributed by atoms with Crippen molar-refractivity contribution in [1.29, 1.82) is 0 Å². The zero-order valence-corrected chi connectivity index (χ0v) is 16.4. The molecule has 0 saturated carbocycles. The van der Waals surface area contributed by atoms with Crippen LogP contribution in [0.4, 0.5) is 0 Å². The molecule has 0 spiro atoms. The average Bonchev–Trinajstić information content (AvgIpc) is 2.44. The van der Waals surface area contributed by atoms with Gasteiger partial charge >= 0.3 is 41.5 Å². The largest absolute Gasteiger partial charge is 1.00 e. The second-order valence-corrected chi connectivity index (χ2v) is 5.38. The molecule has 1 unspecified atom stereocenters. The Balaban J connectivity index is -0.00000180. The molecule has 5 heteroatoms. The second kappa shape index (κ2) is 16.5. The van der Waals surface area contributed by atoms with Gasteiger partial charge in [0.2, 0.25) is 0 Å². The van der Waals surface area contributed by atoms with Crippen molar-refractivity contribution in [1.82, 2.24) is 5.32 Å². The minimum absolute atomic E-state index is 0. The number of hydrogen-bond donors (Lipinski definition) is 1. The summed E-state index contributed by atoms with van der Waals surface area (Å²) in [6.45, 7) is 3.90. The van der Waals surface area contributed by atoms with Crippen LogP contribution in [0, 0.1) is 0 Å². The van der Waals surface area contributed by atoms with E-state index in [0.29, 0.717) is 6.42 Å². The van der Waals surface area contributed by atoms with Gasteiger partial charge in [-0.1, -0.05) is 58.3 Å². The quantitative estimate of drug-likeness (QED) is 0.250. The van der Waals surface area contributed by atoms with Crippen LogP contribution in [-0.4, -0.2) is 25.0 Å². The van der Waals surface area contributed by atoms with Gasteiger partial charge in [-0.3, -0.25) is 4.79 Å². The number of carbonyl (C=O) groups excluding carboxylic acids is 2. The zero-order chi connectivity index (χ0) is 15.2. The Morgan fingerprint density at radius 3 is 1.95 bits per heavy atom. The van der Waals surface area contributed by atoms with Crippen LogP contribution in [0.1, 0.15) is 79.5 Å². The number of carbonyl (C=O) groups is 2. The SMILES string of the molecule is CCCCCCCCCCCC(=O)OC(=O)C(C)NC.[H-].[Na+].